The van der Waals surface area contributed by atoms with Gasteiger partial charge in [-0.2, -0.15) is 9.61 Å². The lowest BCUT2D eigenvalue weighted by atomic mass is 10.1. The van der Waals surface area contributed by atoms with Gasteiger partial charge in [0.05, 0.1) is 30.5 Å². The van der Waals surface area contributed by atoms with E-state index in [1.165, 1.54) is 10.9 Å². The molecule has 5 rings (SSSR count). The largest absolute Gasteiger partial charge is 0.378 e. The first-order valence-electron chi connectivity index (χ1n) is 9.65. The van der Waals surface area contributed by atoms with Crippen molar-refractivity contribution in [2.24, 2.45) is 0 Å². The van der Waals surface area contributed by atoms with Crippen molar-refractivity contribution in [3.8, 4) is 11.1 Å². The number of aromatic nitrogens is 6. The fraction of sp³-hybridized carbons (Fsp3) is 0.350. The van der Waals surface area contributed by atoms with Crippen LogP contribution in [0.1, 0.15) is 18.5 Å². The molecule has 0 N–H and O–H groups in total. The van der Waals surface area contributed by atoms with Crippen molar-refractivity contribution in [2.75, 3.05) is 13.7 Å². The van der Waals surface area contributed by atoms with Crippen LogP contribution in [0.3, 0.4) is 0 Å². The van der Waals surface area contributed by atoms with Crippen LogP contribution in [0.15, 0.2) is 35.4 Å². The molecular weight excluding hydrogens is 408 g/mol. The average Bonchev–Trinajstić information content (AvgIpc) is 3.39. The predicted octanol–water partition coefficient (Wildman–Crippen LogP) is 2.48. The number of ether oxygens (including phenoxy) is 2. The van der Waals surface area contributed by atoms with E-state index in [1.54, 1.807) is 23.8 Å². The molecule has 1 aromatic carbocycles. The van der Waals surface area contributed by atoms with Gasteiger partial charge in [-0.3, -0.25) is 9.36 Å². The van der Waals surface area contributed by atoms with E-state index < -0.39 is 0 Å². The number of halogens is 1. The van der Waals surface area contributed by atoms with Gasteiger partial charge in [-0.25, -0.2) is 4.98 Å². The lowest BCUT2D eigenvalue weighted by molar-refractivity contribution is 0.0960. The number of fused-ring (bicyclic) bond motifs is 3. The topological polar surface area (TPSA) is 96.4 Å². The van der Waals surface area contributed by atoms with Gasteiger partial charge in [-0.05, 0) is 30.5 Å². The van der Waals surface area contributed by atoms with E-state index >= 15 is 0 Å². The molecule has 154 valence electrons. The molecule has 0 aliphatic carbocycles. The summed E-state index contributed by atoms with van der Waals surface area (Å²) < 4.78 is 14.0. The summed E-state index contributed by atoms with van der Waals surface area (Å²) >= 11 is 6.03. The van der Waals surface area contributed by atoms with Crippen LogP contribution in [-0.4, -0.2) is 49.2 Å². The Morgan fingerprint density at radius 1 is 1.23 bits per heavy atom. The highest BCUT2D eigenvalue weighted by Crippen LogP contribution is 2.29. The van der Waals surface area contributed by atoms with E-state index in [0.717, 1.165) is 30.6 Å². The smallest absolute Gasteiger partial charge is 0.283 e. The van der Waals surface area contributed by atoms with Crippen LogP contribution < -0.4 is 5.56 Å². The molecule has 10 heteroatoms. The number of hydrogen-bond acceptors (Lipinski definition) is 7. The Labute approximate surface area is 176 Å². The van der Waals surface area contributed by atoms with E-state index in [2.05, 4.69) is 20.3 Å². The lowest BCUT2D eigenvalue weighted by Crippen LogP contribution is -2.28. The Hall–Kier alpha value is -2.88. The Bertz CT molecular complexity index is 1280. The molecular formula is C20H19ClN6O3. The van der Waals surface area contributed by atoms with Crippen molar-refractivity contribution < 1.29 is 9.47 Å². The van der Waals surface area contributed by atoms with Crippen LogP contribution in [0.4, 0.5) is 0 Å². The van der Waals surface area contributed by atoms with Crippen molar-refractivity contribution in [1.29, 1.82) is 0 Å². The van der Waals surface area contributed by atoms with Gasteiger partial charge in [0.15, 0.2) is 16.8 Å². The summed E-state index contributed by atoms with van der Waals surface area (Å²) in [5.74, 6) is 0. The van der Waals surface area contributed by atoms with Gasteiger partial charge in [0.25, 0.3) is 5.56 Å². The molecule has 0 saturated carbocycles. The summed E-state index contributed by atoms with van der Waals surface area (Å²) in [6.45, 7) is 1.45. The number of benzene rings is 1. The highest BCUT2D eigenvalue weighted by Gasteiger charge is 2.22. The van der Waals surface area contributed by atoms with Crippen LogP contribution in [0.5, 0.6) is 0 Å². The molecule has 30 heavy (non-hydrogen) atoms. The van der Waals surface area contributed by atoms with Crippen molar-refractivity contribution >= 4 is 28.4 Å². The molecule has 1 fully saturated rings. The third kappa shape index (κ3) is 3.24. The SMILES string of the molecule is COCc1nn2c(nnc3c(=O)n(CC4CCCO4)cnc32)c1-c1ccc(Cl)cc1. The van der Waals surface area contributed by atoms with Crippen molar-refractivity contribution in [1.82, 2.24) is 29.4 Å². The van der Waals surface area contributed by atoms with Crippen LogP contribution in [-0.2, 0) is 22.6 Å². The zero-order valence-corrected chi connectivity index (χ0v) is 17.0. The Balaban J connectivity index is 1.68. The molecule has 0 spiro atoms. The van der Waals surface area contributed by atoms with Crippen LogP contribution >= 0.6 is 11.6 Å². The first-order valence-corrected chi connectivity index (χ1v) is 10.0. The van der Waals surface area contributed by atoms with Crippen molar-refractivity contribution in [2.45, 2.75) is 32.1 Å². The maximum atomic E-state index is 13.0. The van der Waals surface area contributed by atoms with Gasteiger partial charge in [0.1, 0.15) is 6.33 Å². The fourth-order valence-corrected chi connectivity index (χ4v) is 3.92. The molecule has 1 unspecified atom stereocenters. The van der Waals surface area contributed by atoms with Crippen LogP contribution in [0, 0.1) is 0 Å². The Morgan fingerprint density at radius 3 is 2.80 bits per heavy atom. The Kier molecular flexibility index (Phi) is 4.93. The van der Waals surface area contributed by atoms with Gasteiger partial charge in [0, 0.05) is 18.7 Å². The first-order chi connectivity index (χ1) is 14.7. The maximum Gasteiger partial charge on any atom is 0.283 e. The summed E-state index contributed by atoms with van der Waals surface area (Å²) in [7, 11) is 1.60. The zero-order chi connectivity index (χ0) is 20.7. The predicted molar refractivity (Wildman–Crippen MR) is 110 cm³/mol. The molecule has 9 nitrogen and oxygen atoms in total. The van der Waals surface area contributed by atoms with E-state index in [1.807, 2.05) is 12.1 Å². The third-order valence-corrected chi connectivity index (χ3v) is 5.46. The van der Waals surface area contributed by atoms with Crippen molar-refractivity contribution in [3.63, 3.8) is 0 Å². The number of nitrogens with zero attached hydrogens (tertiary/aromatic N) is 6. The zero-order valence-electron chi connectivity index (χ0n) is 16.3. The van der Waals surface area contributed by atoms with Gasteiger partial charge in [-0.1, -0.05) is 23.7 Å². The first kappa shape index (κ1) is 19.1. The highest BCUT2D eigenvalue weighted by atomic mass is 35.5. The lowest BCUT2D eigenvalue weighted by Gasteiger charge is -2.11. The van der Waals surface area contributed by atoms with Crippen molar-refractivity contribution in [3.05, 3.63) is 51.7 Å². The molecule has 1 saturated heterocycles. The highest BCUT2D eigenvalue weighted by molar-refractivity contribution is 6.30. The van der Waals surface area contributed by atoms with Gasteiger partial charge >= 0.3 is 0 Å². The monoisotopic (exact) mass is 426 g/mol. The third-order valence-electron chi connectivity index (χ3n) is 5.21. The maximum absolute atomic E-state index is 13.0. The minimum atomic E-state index is -0.262. The molecule has 3 aromatic heterocycles. The molecule has 1 atom stereocenters. The van der Waals surface area contributed by atoms with Crippen LogP contribution in [0.2, 0.25) is 5.02 Å². The molecule has 0 amide bonds. The number of methoxy groups -OCH3 is 1. The van der Waals surface area contributed by atoms with Crippen LogP contribution in [0.25, 0.3) is 27.9 Å². The second kappa shape index (κ2) is 7.75. The molecule has 4 aromatic rings. The van der Waals surface area contributed by atoms with E-state index in [0.29, 0.717) is 28.6 Å². The Morgan fingerprint density at radius 2 is 2.07 bits per heavy atom. The summed E-state index contributed by atoms with van der Waals surface area (Å²) in [4.78, 5) is 17.4. The van der Waals surface area contributed by atoms with Gasteiger partial charge in [-0.15, -0.1) is 10.2 Å². The summed E-state index contributed by atoms with van der Waals surface area (Å²) in [5.41, 5.74) is 3.08. The summed E-state index contributed by atoms with van der Waals surface area (Å²) in [6, 6.07) is 7.37. The molecule has 4 heterocycles. The van der Waals surface area contributed by atoms with Gasteiger partial charge < -0.3 is 9.47 Å². The van der Waals surface area contributed by atoms with Gasteiger partial charge in [0.2, 0.25) is 0 Å². The normalized spacial score (nSPS) is 16.7. The average molecular weight is 427 g/mol. The van der Waals surface area contributed by atoms with E-state index in [-0.39, 0.29) is 23.8 Å². The van der Waals surface area contributed by atoms with E-state index in [4.69, 9.17) is 21.1 Å². The number of rotatable bonds is 5. The molecule has 0 radical (unpaired) electrons. The molecule has 0 bridgehead atoms. The standard InChI is InChI=1S/C20H19ClN6O3/c1-29-10-15-16(12-4-6-13(21)7-5-12)18-24-23-17-19(27(18)25-15)22-11-26(20(17)28)9-14-3-2-8-30-14/h4-7,11,14H,2-3,8-10H2,1H3. The second-order valence-corrected chi connectivity index (χ2v) is 7.64. The molecule has 1 aliphatic heterocycles. The summed E-state index contributed by atoms with van der Waals surface area (Å²) in [6.07, 6.45) is 3.48. The fourth-order valence-electron chi connectivity index (χ4n) is 3.79. The number of hydrogen-bond donors (Lipinski definition) is 0. The minimum absolute atomic E-state index is 0.0214. The quantitative estimate of drug-likeness (QED) is 0.483. The molecule has 1 aliphatic rings. The summed E-state index contributed by atoms with van der Waals surface area (Å²) in [5, 5.41) is 13.8. The van der Waals surface area contributed by atoms with E-state index in [9.17, 15) is 4.79 Å². The second-order valence-electron chi connectivity index (χ2n) is 7.21. The minimum Gasteiger partial charge on any atom is -0.378 e.